The minimum Gasteiger partial charge on any atom is -0.495 e. The van der Waals surface area contributed by atoms with Crippen LogP contribution in [0.1, 0.15) is 6.92 Å². The van der Waals surface area contributed by atoms with Crippen LogP contribution in [0, 0.1) is 0 Å². The van der Waals surface area contributed by atoms with Crippen molar-refractivity contribution in [2.24, 2.45) is 5.73 Å². The van der Waals surface area contributed by atoms with E-state index in [1.165, 1.54) is 0 Å². The van der Waals surface area contributed by atoms with E-state index in [2.05, 4.69) is 21.2 Å². The zero-order valence-corrected chi connectivity index (χ0v) is 10.2. The standard InChI is InChI=1S/C10H13BrN2O2/c1-6(10(12)14)13-7-3-4-8(11)9(5-7)15-2/h3-6,13H,1-2H3,(H2,12,14). The van der Waals surface area contributed by atoms with Gasteiger partial charge in [-0.05, 0) is 35.0 Å². The molecule has 0 aliphatic carbocycles. The van der Waals surface area contributed by atoms with E-state index in [0.717, 1.165) is 10.2 Å². The molecule has 1 aromatic rings. The van der Waals surface area contributed by atoms with Crippen molar-refractivity contribution in [2.45, 2.75) is 13.0 Å². The van der Waals surface area contributed by atoms with Crippen molar-refractivity contribution >= 4 is 27.5 Å². The number of halogens is 1. The average Bonchev–Trinajstić information content (AvgIpc) is 2.20. The van der Waals surface area contributed by atoms with Crippen molar-refractivity contribution in [2.75, 3.05) is 12.4 Å². The summed E-state index contributed by atoms with van der Waals surface area (Å²) in [5, 5.41) is 2.97. The lowest BCUT2D eigenvalue weighted by Crippen LogP contribution is -2.32. The number of benzene rings is 1. The summed E-state index contributed by atoms with van der Waals surface area (Å²) in [6.45, 7) is 1.71. The molecule has 0 radical (unpaired) electrons. The number of carbonyl (C=O) groups excluding carboxylic acids is 1. The van der Waals surface area contributed by atoms with Crippen LogP contribution in [-0.2, 0) is 4.79 Å². The van der Waals surface area contributed by atoms with E-state index in [0.29, 0.717) is 5.75 Å². The van der Waals surface area contributed by atoms with Gasteiger partial charge in [-0.1, -0.05) is 0 Å². The number of nitrogens with one attached hydrogen (secondary N) is 1. The molecule has 3 N–H and O–H groups in total. The van der Waals surface area contributed by atoms with E-state index in [4.69, 9.17) is 10.5 Å². The molecule has 0 aliphatic heterocycles. The normalized spacial score (nSPS) is 11.9. The van der Waals surface area contributed by atoms with Crippen LogP contribution in [0.4, 0.5) is 5.69 Å². The number of anilines is 1. The fraction of sp³-hybridized carbons (Fsp3) is 0.300. The van der Waals surface area contributed by atoms with Gasteiger partial charge in [0.1, 0.15) is 11.8 Å². The Morgan fingerprint density at radius 3 is 2.80 bits per heavy atom. The summed E-state index contributed by atoms with van der Waals surface area (Å²) in [7, 11) is 1.58. The molecule has 5 heteroatoms. The molecular weight excluding hydrogens is 260 g/mol. The quantitative estimate of drug-likeness (QED) is 0.878. The summed E-state index contributed by atoms with van der Waals surface area (Å²) < 4.78 is 5.99. The molecule has 0 aromatic heterocycles. The Morgan fingerprint density at radius 1 is 1.60 bits per heavy atom. The number of nitrogens with two attached hydrogens (primary N) is 1. The number of carbonyl (C=O) groups is 1. The van der Waals surface area contributed by atoms with Gasteiger partial charge in [0, 0.05) is 11.8 Å². The highest BCUT2D eigenvalue weighted by Crippen LogP contribution is 2.27. The van der Waals surface area contributed by atoms with Crippen LogP contribution in [0.3, 0.4) is 0 Å². The Kier molecular flexibility index (Phi) is 3.96. The number of ether oxygens (including phenoxy) is 1. The van der Waals surface area contributed by atoms with Gasteiger partial charge in [0.25, 0.3) is 0 Å². The minimum atomic E-state index is -0.407. The first-order valence-electron chi connectivity index (χ1n) is 4.44. The van der Waals surface area contributed by atoms with Gasteiger partial charge in [-0.3, -0.25) is 4.79 Å². The summed E-state index contributed by atoms with van der Waals surface area (Å²) in [5.41, 5.74) is 5.94. The van der Waals surface area contributed by atoms with Gasteiger partial charge in [-0.25, -0.2) is 0 Å². The Bertz CT molecular complexity index is 368. The molecular formula is C10H13BrN2O2. The molecule has 0 bridgehead atoms. The van der Waals surface area contributed by atoms with Gasteiger partial charge in [-0.15, -0.1) is 0 Å². The van der Waals surface area contributed by atoms with Crippen molar-refractivity contribution in [3.8, 4) is 5.75 Å². The van der Waals surface area contributed by atoms with Gasteiger partial charge >= 0.3 is 0 Å². The van der Waals surface area contributed by atoms with Crippen LogP contribution < -0.4 is 15.8 Å². The summed E-state index contributed by atoms with van der Waals surface area (Å²) in [6.07, 6.45) is 0. The molecule has 1 amide bonds. The van der Waals surface area contributed by atoms with Gasteiger partial charge in [0.2, 0.25) is 5.91 Å². The lowest BCUT2D eigenvalue weighted by Gasteiger charge is -2.13. The highest BCUT2D eigenvalue weighted by molar-refractivity contribution is 9.10. The zero-order chi connectivity index (χ0) is 11.4. The summed E-state index contributed by atoms with van der Waals surface area (Å²) >= 11 is 3.34. The number of methoxy groups -OCH3 is 1. The summed E-state index contributed by atoms with van der Waals surface area (Å²) in [5.74, 6) is 0.313. The van der Waals surface area contributed by atoms with Gasteiger partial charge in [-0.2, -0.15) is 0 Å². The van der Waals surface area contributed by atoms with Crippen LogP contribution in [0.5, 0.6) is 5.75 Å². The van der Waals surface area contributed by atoms with Gasteiger partial charge < -0.3 is 15.8 Å². The number of hydrogen-bond donors (Lipinski definition) is 2. The molecule has 4 nitrogen and oxygen atoms in total. The Hall–Kier alpha value is -1.23. The smallest absolute Gasteiger partial charge is 0.239 e. The molecule has 0 saturated heterocycles. The number of primary amides is 1. The number of rotatable bonds is 4. The van der Waals surface area contributed by atoms with Crippen molar-refractivity contribution in [3.63, 3.8) is 0 Å². The second-order valence-corrected chi connectivity index (χ2v) is 3.97. The Labute approximate surface area is 96.9 Å². The third-order valence-corrected chi connectivity index (χ3v) is 2.62. The first kappa shape index (κ1) is 11.8. The van der Waals surface area contributed by atoms with Crippen molar-refractivity contribution in [1.29, 1.82) is 0 Å². The maximum Gasteiger partial charge on any atom is 0.239 e. The maximum absolute atomic E-state index is 10.8. The molecule has 0 spiro atoms. The van der Waals surface area contributed by atoms with Crippen LogP contribution in [0.2, 0.25) is 0 Å². The SMILES string of the molecule is COc1cc(NC(C)C(N)=O)ccc1Br. The first-order chi connectivity index (χ1) is 7.04. The Morgan fingerprint density at radius 2 is 2.27 bits per heavy atom. The summed E-state index contributed by atoms with van der Waals surface area (Å²) in [6, 6.07) is 5.07. The average molecular weight is 273 g/mol. The zero-order valence-electron chi connectivity index (χ0n) is 8.58. The number of hydrogen-bond acceptors (Lipinski definition) is 3. The van der Waals surface area contributed by atoms with Gasteiger partial charge in [0.05, 0.1) is 11.6 Å². The Balaban J connectivity index is 2.83. The predicted octanol–water partition coefficient (Wildman–Crippen LogP) is 1.74. The first-order valence-corrected chi connectivity index (χ1v) is 5.23. The van der Waals surface area contributed by atoms with E-state index in [1.54, 1.807) is 20.1 Å². The largest absolute Gasteiger partial charge is 0.495 e. The van der Waals surface area contributed by atoms with E-state index in [1.807, 2.05) is 12.1 Å². The molecule has 0 fully saturated rings. The van der Waals surface area contributed by atoms with E-state index >= 15 is 0 Å². The summed E-state index contributed by atoms with van der Waals surface area (Å²) in [4.78, 5) is 10.8. The van der Waals surface area contributed by atoms with E-state index in [9.17, 15) is 4.79 Å². The minimum absolute atomic E-state index is 0.392. The number of amides is 1. The van der Waals surface area contributed by atoms with Crippen molar-refractivity contribution in [1.82, 2.24) is 0 Å². The molecule has 0 saturated carbocycles. The van der Waals surface area contributed by atoms with Crippen LogP contribution in [0.15, 0.2) is 22.7 Å². The lowest BCUT2D eigenvalue weighted by atomic mass is 10.2. The fourth-order valence-corrected chi connectivity index (χ4v) is 1.48. The molecule has 1 unspecified atom stereocenters. The third kappa shape index (κ3) is 3.13. The van der Waals surface area contributed by atoms with Crippen molar-refractivity contribution in [3.05, 3.63) is 22.7 Å². The highest BCUT2D eigenvalue weighted by Gasteiger charge is 2.09. The van der Waals surface area contributed by atoms with Gasteiger partial charge in [0.15, 0.2) is 0 Å². The second-order valence-electron chi connectivity index (χ2n) is 3.12. The maximum atomic E-state index is 10.8. The fourth-order valence-electron chi connectivity index (χ4n) is 1.07. The molecule has 1 rings (SSSR count). The van der Waals surface area contributed by atoms with E-state index < -0.39 is 11.9 Å². The van der Waals surface area contributed by atoms with Crippen molar-refractivity contribution < 1.29 is 9.53 Å². The molecule has 1 aromatic carbocycles. The highest BCUT2D eigenvalue weighted by atomic mass is 79.9. The van der Waals surface area contributed by atoms with Crippen LogP contribution >= 0.6 is 15.9 Å². The molecule has 82 valence electrons. The van der Waals surface area contributed by atoms with E-state index in [-0.39, 0.29) is 0 Å². The lowest BCUT2D eigenvalue weighted by molar-refractivity contribution is -0.118. The van der Waals surface area contributed by atoms with Crippen LogP contribution in [-0.4, -0.2) is 19.1 Å². The molecule has 15 heavy (non-hydrogen) atoms. The molecule has 1 atom stereocenters. The second kappa shape index (κ2) is 5.02. The monoisotopic (exact) mass is 272 g/mol. The molecule has 0 aliphatic rings. The van der Waals surface area contributed by atoms with Crippen LogP contribution in [0.25, 0.3) is 0 Å². The predicted molar refractivity (Wildman–Crippen MR) is 63.0 cm³/mol. The molecule has 0 heterocycles. The third-order valence-electron chi connectivity index (χ3n) is 1.96. The topological polar surface area (TPSA) is 64.3 Å².